The molecule has 1 saturated heterocycles. The minimum atomic E-state index is -3.51. The van der Waals surface area contributed by atoms with E-state index >= 15 is 0 Å². The van der Waals surface area contributed by atoms with E-state index in [-0.39, 0.29) is 16.8 Å². The van der Waals surface area contributed by atoms with Crippen LogP contribution in [0.25, 0.3) is 0 Å². The third kappa shape index (κ3) is 2.28. The highest BCUT2D eigenvalue weighted by Crippen LogP contribution is 2.38. The zero-order chi connectivity index (χ0) is 15.9. The second kappa shape index (κ2) is 5.55. The predicted molar refractivity (Wildman–Crippen MR) is 85.5 cm³/mol. The number of sulfonamides is 1. The molecule has 0 radical (unpaired) electrons. The van der Waals surface area contributed by atoms with E-state index in [9.17, 15) is 13.2 Å². The van der Waals surface area contributed by atoms with Gasteiger partial charge in [-0.05, 0) is 31.0 Å². The Labute approximate surface area is 131 Å². The average Bonchev–Trinajstić information content (AvgIpc) is 2.98. The van der Waals surface area contributed by atoms with Crippen molar-refractivity contribution >= 4 is 27.3 Å². The molecule has 1 amide bonds. The second-order valence-electron chi connectivity index (χ2n) is 5.61. The van der Waals surface area contributed by atoms with Gasteiger partial charge in [-0.1, -0.05) is 13.8 Å². The SMILES string of the molecule is CCN(CC)S(=O)(=O)c1ccc2c(c1)NC(=O)[C@@H]1CCCN21. The van der Waals surface area contributed by atoms with Crippen LogP contribution < -0.4 is 10.2 Å². The largest absolute Gasteiger partial charge is 0.358 e. The molecular weight excluding hydrogens is 302 g/mol. The van der Waals surface area contributed by atoms with Crippen molar-refractivity contribution in [2.24, 2.45) is 0 Å². The average molecular weight is 323 g/mol. The zero-order valence-electron chi connectivity index (χ0n) is 12.9. The van der Waals surface area contributed by atoms with Crippen LogP contribution in [0.15, 0.2) is 23.1 Å². The quantitative estimate of drug-likeness (QED) is 0.914. The number of hydrogen-bond donors (Lipinski definition) is 1. The number of fused-ring (bicyclic) bond motifs is 3. The molecule has 3 rings (SSSR count). The molecule has 1 aromatic rings. The molecule has 0 saturated carbocycles. The summed E-state index contributed by atoms with van der Waals surface area (Å²) < 4.78 is 26.6. The van der Waals surface area contributed by atoms with Gasteiger partial charge in [-0.2, -0.15) is 4.31 Å². The summed E-state index contributed by atoms with van der Waals surface area (Å²) in [7, 11) is -3.51. The second-order valence-corrected chi connectivity index (χ2v) is 7.55. The third-order valence-electron chi connectivity index (χ3n) is 4.43. The van der Waals surface area contributed by atoms with Crippen molar-refractivity contribution in [2.45, 2.75) is 37.6 Å². The Balaban J connectivity index is 2.02. The summed E-state index contributed by atoms with van der Waals surface area (Å²) in [5.74, 6) is -0.0395. The number of anilines is 2. The minimum Gasteiger partial charge on any atom is -0.358 e. The Bertz CT molecular complexity index is 698. The van der Waals surface area contributed by atoms with E-state index in [4.69, 9.17) is 0 Å². The van der Waals surface area contributed by atoms with Crippen molar-refractivity contribution in [1.82, 2.24) is 4.31 Å². The van der Waals surface area contributed by atoms with Gasteiger partial charge in [0.05, 0.1) is 16.3 Å². The lowest BCUT2D eigenvalue weighted by Gasteiger charge is -2.33. The van der Waals surface area contributed by atoms with Gasteiger partial charge in [-0.15, -0.1) is 0 Å². The first kappa shape index (κ1) is 15.3. The lowest BCUT2D eigenvalue weighted by molar-refractivity contribution is -0.117. The summed E-state index contributed by atoms with van der Waals surface area (Å²) in [6.45, 7) is 5.33. The van der Waals surface area contributed by atoms with E-state index < -0.39 is 10.0 Å². The summed E-state index contributed by atoms with van der Waals surface area (Å²) in [5, 5.41) is 2.86. The Kier molecular flexibility index (Phi) is 3.86. The predicted octanol–water partition coefficient (Wildman–Crippen LogP) is 1.64. The number of rotatable bonds is 4. The highest BCUT2D eigenvalue weighted by Gasteiger charge is 2.37. The van der Waals surface area contributed by atoms with Crippen molar-refractivity contribution in [3.05, 3.63) is 18.2 Å². The Morgan fingerprint density at radius 1 is 1.32 bits per heavy atom. The van der Waals surface area contributed by atoms with E-state index in [1.807, 2.05) is 19.9 Å². The van der Waals surface area contributed by atoms with Gasteiger partial charge in [-0.3, -0.25) is 4.79 Å². The standard InChI is InChI=1S/C15H21N3O3S/c1-3-17(4-2)22(20,21)11-7-8-13-12(10-11)16-15(19)14-6-5-9-18(13)14/h7-8,10,14H,3-6,9H2,1-2H3,(H,16,19)/t14-/m0/s1. The highest BCUT2D eigenvalue weighted by molar-refractivity contribution is 7.89. The summed E-state index contributed by atoms with van der Waals surface area (Å²) in [6, 6.07) is 4.91. The Hall–Kier alpha value is -1.60. The molecule has 1 fully saturated rings. The van der Waals surface area contributed by atoms with Crippen LogP contribution >= 0.6 is 0 Å². The molecule has 22 heavy (non-hydrogen) atoms. The first-order chi connectivity index (χ1) is 10.5. The van der Waals surface area contributed by atoms with Crippen LogP contribution in [0.2, 0.25) is 0 Å². The maximum Gasteiger partial charge on any atom is 0.247 e. The van der Waals surface area contributed by atoms with Gasteiger partial charge in [0.2, 0.25) is 15.9 Å². The van der Waals surface area contributed by atoms with Crippen LogP contribution in [0, 0.1) is 0 Å². The number of nitrogens with one attached hydrogen (secondary N) is 1. The van der Waals surface area contributed by atoms with E-state index in [1.54, 1.807) is 12.1 Å². The fourth-order valence-corrected chi connectivity index (χ4v) is 4.77. The van der Waals surface area contributed by atoms with Gasteiger partial charge in [0.15, 0.2) is 0 Å². The molecule has 1 N–H and O–H groups in total. The van der Waals surface area contributed by atoms with Gasteiger partial charge in [0, 0.05) is 19.6 Å². The maximum atomic E-state index is 12.6. The van der Waals surface area contributed by atoms with Crippen LogP contribution in [-0.4, -0.2) is 44.3 Å². The lowest BCUT2D eigenvalue weighted by atomic mass is 10.1. The summed E-state index contributed by atoms with van der Waals surface area (Å²) in [4.78, 5) is 14.4. The van der Waals surface area contributed by atoms with E-state index in [1.165, 1.54) is 4.31 Å². The number of amides is 1. The van der Waals surface area contributed by atoms with Gasteiger partial charge >= 0.3 is 0 Å². The van der Waals surface area contributed by atoms with Gasteiger partial charge in [0.1, 0.15) is 6.04 Å². The van der Waals surface area contributed by atoms with Crippen LogP contribution in [0.1, 0.15) is 26.7 Å². The molecule has 0 aliphatic carbocycles. The van der Waals surface area contributed by atoms with Crippen LogP contribution in [-0.2, 0) is 14.8 Å². The van der Waals surface area contributed by atoms with Crippen molar-refractivity contribution in [2.75, 3.05) is 29.9 Å². The normalized spacial score (nSPS) is 20.8. The molecule has 120 valence electrons. The van der Waals surface area contributed by atoms with E-state index in [0.29, 0.717) is 18.8 Å². The minimum absolute atomic E-state index is 0.0395. The molecule has 1 aromatic carbocycles. The van der Waals surface area contributed by atoms with Crippen molar-refractivity contribution in [1.29, 1.82) is 0 Å². The topological polar surface area (TPSA) is 69.7 Å². The Morgan fingerprint density at radius 2 is 2.05 bits per heavy atom. The molecule has 1 atom stereocenters. The maximum absolute atomic E-state index is 12.6. The fourth-order valence-electron chi connectivity index (χ4n) is 3.28. The molecule has 0 spiro atoms. The summed E-state index contributed by atoms with van der Waals surface area (Å²) >= 11 is 0. The number of hydrogen-bond acceptors (Lipinski definition) is 4. The summed E-state index contributed by atoms with van der Waals surface area (Å²) in [6.07, 6.45) is 1.84. The van der Waals surface area contributed by atoms with Crippen molar-refractivity contribution < 1.29 is 13.2 Å². The smallest absolute Gasteiger partial charge is 0.247 e. The summed E-state index contributed by atoms with van der Waals surface area (Å²) in [5.41, 5.74) is 1.51. The first-order valence-corrected chi connectivity index (χ1v) is 9.14. The highest BCUT2D eigenvalue weighted by atomic mass is 32.2. The zero-order valence-corrected chi connectivity index (χ0v) is 13.7. The number of benzene rings is 1. The number of nitrogens with zero attached hydrogens (tertiary/aromatic N) is 2. The number of carbonyl (C=O) groups excluding carboxylic acids is 1. The number of carbonyl (C=O) groups is 1. The van der Waals surface area contributed by atoms with E-state index in [2.05, 4.69) is 10.2 Å². The molecule has 0 unspecified atom stereocenters. The molecule has 7 heteroatoms. The molecule has 2 aliphatic heterocycles. The van der Waals surface area contributed by atoms with Crippen LogP contribution in [0.3, 0.4) is 0 Å². The first-order valence-electron chi connectivity index (χ1n) is 7.70. The van der Waals surface area contributed by atoms with Crippen LogP contribution in [0.5, 0.6) is 0 Å². The van der Waals surface area contributed by atoms with Crippen LogP contribution in [0.4, 0.5) is 11.4 Å². The Morgan fingerprint density at radius 3 is 2.73 bits per heavy atom. The van der Waals surface area contributed by atoms with Gasteiger partial charge in [0.25, 0.3) is 0 Å². The molecular formula is C15H21N3O3S. The molecule has 6 nitrogen and oxygen atoms in total. The monoisotopic (exact) mass is 323 g/mol. The van der Waals surface area contributed by atoms with Gasteiger partial charge < -0.3 is 10.2 Å². The van der Waals surface area contributed by atoms with Gasteiger partial charge in [-0.25, -0.2) is 8.42 Å². The molecule has 2 aliphatic rings. The van der Waals surface area contributed by atoms with Crippen molar-refractivity contribution in [3.8, 4) is 0 Å². The molecule has 0 bridgehead atoms. The van der Waals surface area contributed by atoms with Crippen molar-refractivity contribution in [3.63, 3.8) is 0 Å². The van der Waals surface area contributed by atoms with E-state index in [0.717, 1.165) is 25.1 Å². The molecule has 2 heterocycles. The third-order valence-corrected chi connectivity index (χ3v) is 6.48. The fraction of sp³-hybridized carbons (Fsp3) is 0.533. The molecule has 0 aromatic heterocycles. The lowest BCUT2D eigenvalue weighted by Crippen LogP contribution is -2.44.